The summed E-state index contributed by atoms with van der Waals surface area (Å²) in [7, 11) is 0. The second-order valence-corrected chi connectivity index (χ2v) is 8.52. The van der Waals surface area contributed by atoms with Gasteiger partial charge in [0.25, 0.3) is 5.91 Å². The van der Waals surface area contributed by atoms with Crippen LogP contribution >= 0.6 is 0 Å². The molecule has 0 saturated carbocycles. The van der Waals surface area contributed by atoms with Crippen molar-refractivity contribution in [3.05, 3.63) is 70.9 Å². The van der Waals surface area contributed by atoms with Crippen molar-refractivity contribution in [2.24, 2.45) is 0 Å². The van der Waals surface area contributed by atoms with Crippen molar-refractivity contribution in [1.29, 1.82) is 0 Å². The van der Waals surface area contributed by atoms with Crippen molar-refractivity contribution in [2.75, 3.05) is 6.61 Å². The van der Waals surface area contributed by atoms with Crippen LogP contribution in [0.3, 0.4) is 0 Å². The normalized spacial score (nSPS) is 15.4. The van der Waals surface area contributed by atoms with Gasteiger partial charge in [-0.3, -0.25) is 9.69 Å². The second kappa shape index (κ2) is 9.69. The SMILES string of the molecule is CCOC(=O)C1Cc2c([nH]c3ncccc23)C(C(=O)OC(C)C)=CN1C(=O)c1ccc(F)c(C)c1. The Hall–Kier alpha value is -4.01. The first-order chi connectivity index (χ1) is 16.7. The molecule has 1 unspecified atom stereocenters. The number of esters is 2. The number of pyridine rings is 1. The van der Waals surface area contributed by atoms with E-state index in [0.29, 0.717) is 22.3 Å². The van der Waals surface area contributed by atoms with Crippen LogP contribution in [-0.2, 0) is 25.5 Å². The summed E-state index contributed by atoms with van der Waals surface area (Å²) in [6.07, 6.45) is 2.58. The first kappa shape index (κ1) is 24.1. The second-order valence-electron chi connectivity index (χ2n) is 8.52. The van der Waals surface area contributed by atoms with Crippen LogP contribution < -0.4 is 0 Å². The maximum absolute atomic E-state index is 13.9. The maximum Gasteiger partial charge on any atom is 0.342 e. The molecule has 1 atom stereocenters. The van der Waals surface area contributed by atoms with Gasteiger partial charge in [0.05, 0.1) is 24.0 Å². The number of aromatic amines is 1. The van der Waals surface area contributed by atoms with Gasteiger partial charge in [0, 0.05) is 29.8 Å². The maximum atomic E-state index is 13.9. The quantitative estimate of drug-likeness (QED) is 0.557. The number of hydrogen-bond donors (Lipinski definition) is 1. The molecule has 0 bridgehead atoms. The Morgan fingerprint density at radius 3 is 2.71 bits per heavy atom. The number of nitrogens with zero attached hydrogens (tertiary/aromatic N) is 2. The summed E-state index contributed by atoms with van der Waals surface area (Å²) in [6, 6.07) is 6.45. The zero-order chi connectivity index (χ0) is 25.3. The Bertz CT molecular complexity index is 1340. The molecule has 0 saturated heterocycles. The average molecular weight is 480 g/mol. The molecule has 3 heterocycles. The number of aryl methyl sites for hydroxylation is 1. The number of carbonyl (C=O) groups is 3. The highest BCUT2D eigenvalue weighted by atomic mass is 19.1. The Kier molecular flexibility index (Phi) is 6.68. The van der Waals surface area contributed by atoms with Gasteiger partial charge in [-0.05, 0) is 69.2 Å². The Morgan fingerprint density at radius 2 is 2.03 bits per heavy atom. The highest BCUT2D eigenvalue weighted by molar-refractivity contribution is 6.18. The van der Waals surface area contributed by atoms with Crippen LogP contribution in [0.4, 0.5) is 4.39 Å². The molecule has 1 aliphatic heterocycles. The van der Waals surface area contributed by atoms with Gasteiger partial charge in [-0.15, -0.1) is 0 Å². The predicted octanol–water partition coefficient (Wildman–Crippen LogP) is 3.93. The van der Waals surface area contributed by atoms with Gasteiger partial charge in [0.15, 0.2) is 0 Å². The molecular formula is C26H26FN3O5. The topological polar surface area (TPSA) is 102 Å². The first-order valence-electron chi connectivity index (χ1n) is 11.4. The van der Waals surface area contributed by atoms with Gasteiger partial charge in [0.2, 0.25) is 0 Å². The van der Waals surface area contributed by atoms with E-state index in [-0.39, 0.29) is 29.7 Å². The molecule has 1 N–H and O–H groups in total. The average Bonchev–Trinajstić information content (AvgIpc) is 3.08. The van der Waals surface area contributed by atoms with E-state index in [1.165, 1.54) is 29.3 Å². The molecule has 3 aromatic rings. The van der Waals surface area contributed by atoms with Crippen molar-refractivity contribution < 1.29 is 28.2 Å². The van der Waals surface area contributed by atoms with Crippen molar-refractivity contribution >= 4 is 34.5 Å². The lowest BCUT2D eigenvalue weighted by Crippen LogP contribution is -2.44. The summed E-state index contributed by atoms with van der Waals surface area (Å²) in [5.41, 5.74) is 2.13. The molecule has 8 nitrogen and oxygen atoms in total. The summed E-state index contributed by atoms with van der Waals surface area (Å²) in [6.45, 7) is 6.76. The lowest BCUT2D eigenvalue weighted by Gasteiger charge is -2.26. The number of ether oxygens (including phenoxy) is 2. The molecule has 4 rings (SSSR count). The monoisotopic (exact) mass is 479 g/mol. The molecule has 0 radical (unpaired) electrons. The van der Waals surface area contributed by atoms with Crippen molar-refractivity contribution in [2.45, 2.75) is 46.3 Å². The molecule has 0 spiro atoms. The fourth-order valence-electron chi connectivity index (χ4n) is 4.10. The minimum Gasteiger partial charge on any atom is -0.464 e. The number of amides is 1. The van der Waals surface area contributed by atoms with E-state index in [0.717, 1.165) is 0 Å². The smallest absolute Gasteiger partial charge is 0.342 e. The van der Waals surface area contributed by atoms with Crippen LogP contribution in [-0.4, -0.2) is 51.5 Å². The third kappa shape index (κ3) is 4.66. The summed E-state index contributed by atoms with van der Waals surface area (Å²) in [5.74, 6) is -2.32. The number of rotatable bonds is 5. The van der Waals surface area contributed by atoms with Gasteiger partial charge in [-0.25, -0.2) is 19.0 Å². The Morgan fingerprint density at radius 1 is 1.26 bits per heavy atom. The minimum absolute atomic E-state index is 0.0702. The van der Waals surface area contributed by atoms with E-state index in [1.54, 1.807) is 40.0 Å². The van der Waals surface area contributed by atoms with Crippen LogP contribution in [0.25, 0.3) is 16.6 Å². The fraction of sp³-hybridized carbons (Fsp3) is 0.308. The highest BCUT2D eigenvalue weighted by Crippen LogP contribution is 2.34. The number of halogens is 1. The molecule has 0 fully saturated rings. The minimum atomic E-state index is -1.07. The van der Waals surface area contributed by atoms with E-state index < -0.39 is 35.8 Å². The van der Waals surface area contributed by atoms with E-state index in [1.807, 2.05) is 6.07 Å². The van der Waals surface area contributed by atoms with Crippen LogP contribution in [0, 0.1) is 12.7 Å². The van der Waals surface area contributed by atoms with Gasteiger partial charge in [-0.1, -0.05) is 0 Å². The van der Waals surface area contributed by atoms with E-state index in [9.17, 15) is 18.8 Å². The Labute approximate surface area is 201 Å². The van der Waals surface area contributed by atoms with E-state index in [4.69, 9.17) is 9.47 Å². The van der Waals surface area contributed by atoms with Gasteiger partial charge < -0.3 is 14.5 Å². The summed E-state index contributed by atoms with van der Waals surface area (Å²) >= 11 is 0. The molecule has 35 heavy (non-hydrogen) atoms. The number of hydrogen-bond acceptors (Lipinski definition) is 6. The molecular weight excluding hydrogens is 453 g/mol. The van der Waals surface area contributed by atoms with E-state index in [2.05, 4.69) is 9.97 Å². The van der Waals surface area contributed by atoms with E-state index >= 15 is 0 Å². The summed E-state index contributed by atoms with van der Waals surface area (Å²) < 4.78 is 24.6. The number of nitrogens with one attached hydrogen (secondary N) is 1. The zero-order valence-electron chi connectivity index (χ0n) is 19.9. The molecule has 0 aliphatic carbocycles. The Balaban J connectivity index is 1.92. The number of H-pyrrole nitrogens is 1. The number of aromatic nitrogens is 2. The van der Waals surface area contributed by atoms with Crippen LogP contribution in [0.15, 0.2) is 42.7 Å². The summed E-state index contributed by atoms with van der Waals surface area (Å²) in [5, 5.41) is 0.715. The van der Waals surface area contributed by atoms with Crippen LogP contribution in [0.1, 0.15) is 48.0 Å². The lowest BCUT2D eigenvalue weighted by molar-refractivity contribution is -0.148. The van der Waals surface area contributed by atoms with Crippen molar-refractivity contribution in [1.82, 2.24) is 14.9 Å². The fourth-order valence-corrected chi connectivity index (χ4v) is 4.10. The largest absolute Gasteiger partial charge is 0.464 e. The molecule has 1 amide bonds. The van der Waals surface area contributed by atoms with Gasteiger partial charge in [-0.2, -0.15) is 0 Å². The molecule has 182 valence electrons. The predicted molar refractivity (Wildman–Crippen MR) is 127 cm³/mol. The van der Waals surface area contributed by atoms with Crippen LogP contribution in [0.2, 0.25) is 0 Å². The highest BCUT2D eigenvalue weighted by Gasteiger charge is 2.38. The third-order valence-electron chi connectivity index (χ3n) is 5.71. The molecule has 1 aliphatic rings. The number of benzene rings is 1. The third-order valence-corrected chi connectivity index (χ3v) is 5.71. The number of fused-ring (bicyclic) bond motifs is 3. The van der Waals surface area contributed by atoms with Gasteiger partial charge >= 0.3 is 11.9 Å². The van der Waals surface area contributed by atoms with Crippen molar-refractivity contribution in [3.63, 3.8) is 0 Å². The van der Waals surface area contributed by atoms with Gasteiger partial charge in [0.1, 0.15) is 17.5 Å². The zero-order valence-corrected chi connectivity index (χ0v) is 19.9. The first-order valence-corrected chi connectivity index (χ1v) is 11.4. The summed E-state index contributed by atoms with van der Waals surface area (Å²) in [4.78, 5) is 48.6. The molecule has 2 aromatic heterocycles. The molecule has 9 heteroatoms. The van der Waals surface area contributed by atoms with Crippen LogP contribution in [0.5, 0.6) is 0 Å². The van der Waals surface area contributed by atoms with Crippen molar-refractivity contribution in [3.8, 4) is 0 Å². The number of carbonyl (C=O) groups excluding carboxylic acids is 3. The standard InChI is InChI=1S/C26H26FN3O5/c1-5-34-26(33)21-12-18-17-7-6-10-28-23(17)29-22(18)19(25(32)35-14(2)3)13-30(21)24(31)16-8-9-20(27)15(4)11-16/h6-11,13-14,21H,5,12H2,1-4H3,(H,28,29). The lowest BCUT2D eigenvalue weighted by atomic mass is 10.0. The molecule has 1 aromatic carbocycles.